The lowest BCUT2D eigenvalue weighted by Crippen LogP contribution is -2.32. The van der Waals surface area contributed by atoms with Crippen LogP contribution in [0.25, 0.3) is 16.9 Å². The SMILES string of the molecule is O=C(NCc1cn(-c2ccccc2)nc1-c1ccccc1)C1CC(=O)N(Cc2ccco2)C1. The summed E-state index contributed by atoms with van der Waals surface area (Å²) in [5.74, 6) is 0.173. The van der Waals surface area contributed by atoms with Gasteiger partial charge in [-0.25, -0.2) is 4.68 Å². The van der Waals surface area contributed by atoms with E-state index in [1.54, 1.807) is 17.2 Å². The van der Waals surface area contributed by atoms with Gasteiger partial charge in [0.15, 0.2) is 0 Å². The first kappa shape index (κ1) is 20.8. The highest BCUT2D eigenvalue weighted by Crippen LogP contribution is 2.25. The van der Waals surface area contributed by atoms with Crippen LogP contribution in [0.15, 0.2) is 89.7 Å². The van der Waals surface area contributed by atoms with Crippen molar-refractivity contribution in [1.82, 2.24) is 20.0 Å². The van der Waals surface area contributed by atoms with E-state index in [9.17, 15) is 9.59 Å². The van der Waals surface area contributed by atoms with Gasteiger partial charge >= 0.3 is 0 Å². The number of likely N-dealkylation sites (tertiary alicyclic amines) is 1. The van der Waals surface area contributed by atoms with E-state index in [1.807, 2.05) is 77.6 Å². The number of rotatable bonds is 7. The van der Waals surface area contributed by atoms with Crippen molar-refractivity contribution in [3.05, 3.63) is 96.6 Å². The smallest absolute Gasteiger partial charge is 0.225 e. The third-order valence-electron chi connectivity index (χ3n) is 5.82. The van der Waals surface area contributed by atoms with Crippen molar-refractivity contribution in [3.8, 4) is 16.9 Å². The summed E-state index contributed by atoms with van der Waals surface area (Å²) < 4.78 is 7.16. The zero-order valence-electron chi connectivity index (χ0n) is 18.1. The largest absolute Gasteiger partial charge is 0.467 e. The molecular formula is C26H24N4O3. The molecule has 5 rings (SSSR count). The third-order valence-corrected chi connectivity index (χ3v) is 5.82. The van der Waals surface area contributed by atoms with Crippen LogP contribution >= 0.6 is 0 Å². The molecule has 4 aromatic rings. The van der Waals surface area contributed by atoms with Gasteiger partial charge in [0.2, 0.25) is 11.8 Å². The number of para-hydroxylation sites is 1. The Morgan fingerprint density at radius 2 is 1.79 bits per heavy atom. The van der Waals surface area contributed by atoms with Crippen molar-refractivity contribution in [3.63, 3.8) is 0 Å². The average molecular weight is 441 g/mol. The average Bonchev–Trinajstić information content (AvgIpc) is 3.60. The summed E-state index contributed by atoms with van der Waals surface area (Å²) >= 11 is 0. The quantitative estimate of drug-likeness (QED) is 0.474. The fourth-order valence-corrected chi connectivity index (χ4v) is 4.11. The Morgan fingerprint density at radius 1 is 1.03 bits per heavy atom. The Balaban J connectivity index is 1.30. The number of aromatic nitrogens is 2. The molecule has 1 aliphatic heterocycles. The Hall–Kier alpha value is -4.13. The Bertz CT molecular complexity index is 1230. The van der Waals surface area contributed by atoms with Gasteiger partial charge in [0, 0.05) is 36.8 Å². The van der Waals surface area contributed by atoms with Crippen LogP contribution in [0.2, 0.25) is 0 Å². The van der Waals surface area contributed by atoms with Gasteiger partial charge in [0.1, 0.15) is 5.76 Å². The molecule has 1 atom stereocenters. The highest BCUT2D eigenvalue weighted by Gasteiger charge is 2.34. The number of benzene rings is 2. The minimum Gasteiger partial charge on any atom is -0.467 e. The number of carbonyl (C=O) groups excluding carboxylic acids is 2. The molecule has 2 aromatic heterocycles. The standard InChI is InChI=1S/C26H24N4O3/c31-24-14-20(16-29(24)18-23-12-7-13-33-23)26(32)27-15-21-17-30(22-10-5-2-6-11-22)28-25(21)19-8-3-1-4-9-19/h1-13,17,20H,14-16,18H2,(H,27,32). The number of amides is 2. The highest BCUT2D eigenvalue weighted by atomic mass is 16.3. The molecule has 1 unspecified atom stereocenters. The summed E-state index contributed by atoms with van der Waals surface area (Å²) in [6.45, 7) is 1.11. The van der Waals surface area contributed by atoms with Crippen LogP contribution in [-0.2, 0) is 22.7 Å². The van der Waals surface area contributed by atoms with Crippen LogP contribution in [0.5, 0.6) is 0 Å². The fraction of sp³-hybridized carbons (Fsp3) is 0.192. The number of nitrogens with one attached hydrogen (secondary N) is 1. The third kappa shape index (κ3) is 4.57. The molecule has 0 radical (unpaired) electrons. The molecule has 0 spiro atoms. The molecule has 1 saturated heterocycles. The molecule has 33 heavy (non-hydrogen) atoms. The second-order valence-electron chi connectivity index (χ2n) is 8.12. The summed E-state index contributed by atoms with van der Waals surface area (Å²) in [6.07, 6.45) is 3.74. The molecule has 0 saturated carbocycles. The van der Waals surface area contributed by atoms with E-state index in [1.165, 1.54) is 0 Å². The number of hydrogen-bond acceptors (Lipinski definition) is 4. The van der Waals surface area contributed by atoms with E-state index in [4.69, 9.17) is 9.52 Å². The molecule has 0 bridgehead atoms. The van der Waals surface area contributed by atoms with Crippen molar-refractivity contribution in [2.24, 2.45) is 5.92 Å². The van der Waals surface area contributed by atoms with E-state index in [0.717, 1.165) is 22.5 Å². The number of carbonyl (C=O) groups is 2. The first-order chi connectivity index (χ1) is 16.2. The van der Waals surface area contributed by atoms with Gasteiger partial charge in [0.05, 0.1) is 30.1 Å². The number of nitrogens with zero attached hydrogens (tertiary/aromatic N) is 3. The van der Waals surface area contributed by atoms with E-state index in [0.29, 0.717) is 25.4 Å². The fourth-order valence-electron chi connectivity index (χ4n) is 4.11. The molecular weight excluding hydrogens is 416 g/mol. The summed E-state index contributed by atoms with van der Waals surface area (Å²) in [7, 11) is 0. The van der Waals surface area contributed by atoms with Gasteiger partial charge in [-0.15, -0.1) is 0 Å². The van der Waals surface area contributed by atoms with Crippen LogP contribution < -0.4 is 5.32 Å². The minimum atomic E-state index is -0.378. The van der Waals surface area contributed by atoms with Crippen molar-refractivity contribution in [2.45, 2.75) is 19.5 Å². The second kappa shape index (κ2) is 9.16. The van der Waals surface area contributed by atoms with Gasteiger partial charge in [0.25, 0.3) is 0 Å². The van der Waals surface area contributed by atoms with Gasteiger partial charge < -0.3 is 14.6 Å². The maximum atomic E-state index is 12.9. The highest BCUT2D eigenvalue weighted by molar-refractivity contribution is 5.89. The second-order valence-corrected chi connectivity index (χ2v) is 8.12. The normalized spacial score (nSPS) is 15.7. The van der Waals surface area contributed by atoms with E-state index >= 15 is 0 Å². The van der Waals surface area contributed by atoms with Crippen LogP contribution in [-0.4, -0.2) is 33.0 Å². The van der Waals surface area contributed by atoms with E-state index in [2.05, 4.69) is 5.32 Å². The molecule has 0 aliphatic carbocycles. The lowest BCUT2D eigenvalue weighted by atomic mass is 10.1. The molecule has 7 heteroatoms. The Morgan fingerprint density at radius 3 is 2.52 bits per heavy atom. The predicted molar refractivity (Wildman–Crippen MR) is 123 cm³/mol. The maximum Gasteiger partial charge on any atom is 0.225 e. The minimum absolute atomic E-state index is 0.0339. The summed E-state index contributed by atoms with van der Waals surface area (Å²) in [5.41, 5.74) is 3.66. The van der Waals surface area contributed by atoms with Crippen LogP contribution in [0, 0.1) is 5.92 Å². The van der Waals surface area contributed by atoms with Crippen LogP contribution in [0.1, 0.15) is 17.7 Å². The number of hydrogen-bond donors (Lipinski definition) is 1. The zero-order chi connectivity index (χ0) is 22.6. The first-order valence-electron chi connectivity index (χ1n) is 10.9. The van der Waals surface area contributed by atoms with Crippen molar-refractivity contribution in [1.29, 1.82) is 0 Å². The topological polar surface area (TPSA) is 80.4 Å². The maximum absolute atomic E-state index is 12.9. The van der Waals surface area contributed by atoms with Gasteiger partial charge in [-0.05, 0) is 24.3 Å². The molecule has 2 amide bonds. The van der Waals surface area contributed by atoms with E-state index < -0.39 is 0 Å². The van der Waals surface area contributed by atoms with E-state index in [-0.39, 0.29) is 24.2 Å². The van der Waals surface area contributed by atoms with Crippen molar-refractivity contribution < 1.29 is 14.0 Å². The lowest BCUT2D eigenvalue weighted by Gasteiger charge is -2.15. The molecule has 7 nitrogen and oxygen atoms in total. The summed E-state index contributed by atoms with van der Waals surface area (Å²) in [5, 5.41) is 7.81. The lowest BCUT2D eigenvalue weighted by molar-refractivity contribution is -0.129. The first-order valence-corrected chi connectivity index (χ1v) is 10.9. The van der Waals surface area contributed by atoms with Crippen molar-refractivity contribution >= 4 is 11.8 Å². The summed E-state index contributed by atoms with van der Waals surface area (Å²) in [4.78, 5) is 26.9. The summed E-state index contributed by atoms with van der Waals surface area (Å²) in [6, 6.07) is 23.4. The monoisotopic (exact) mass is 440 g/mol. The predicted octanol–water partition coefficient (Wildman–Crippen LogP) is 3.80. The molecule has 1 N–H and O–H groups in total. The van der Waals surface area contributed by atoms with Gasteiger partial charge in [-0.2, -0.15) is 5.10 Å². The van der Waals surface area contributed by atoms with Gasteiger partial charge in [-0.3, -0.25) is 9.59 Å². The molecule has 1 fully saturated rings. The molecule has 3 heterocycles. The molecule has 2 aromatic carbocycles. The van der Waals surface area contributed by atoms with Gasteiger partial charge in [-0.1, -0.05) is 48.5 Å². The van der Waals surface area contributed by atoms with Crippen LogP contribution in [0.3, 0.4) is 0 Å². The zero-order valence-corrected chi connectivity index (χ0v) is 18.1. The number of furan rings is 1. The Kier molecular flexibility index (Phi) is 5.76. The molecule has 166 valence electrons. The van der Waals surface area contributed by atoms with Crippen LogP contribution in [0.4, 0.5) is 0 Å². The molecule has 1 aliphatic rings. The Labute approximate surface area is 191 Å². The van der Waals surface area contributed by atoms with Crippen molar-refractivity contribution in [2.75, 3.05) is 6.54 Å².